The summed E-state index contributed by atoms with van der Waals surface area (Å²) in [4.78, 5) is 6.97. The highest BCUT2D eigenvalue weighted by Crippen LogP contribution is 2.29. The lowest BCUT2D eigenvalue weighted by Crippen LogP contribution is -2.50. The first kappa shape index (κ1) is 10.1. The van der Waals surface area contributed by atoms with Crippen LogP contribution in [0, 0.1) is 0 Å². The Morgan fingerprint density at radius 3 is 3.31 bits per heavy atom. The molecule has 3 heterocycles. The molecule has 1 aliphatic heterocycles. The zero-order chi connectivity index (χ0) is 11.0. The van der Waals surface area contributed by atoms with Gasteiger partial charge in [0.15, 0.2) is 0 Å². The van der Waals surface area contributed by atoms with Crippen LogP contribution in [0.4, 0.5) is 5.82 Å². The van der Waals surface area contributed by atoms with Crippen LogP contribution in [0.25, 0.3) is 10.1 Å². The maximum Gasteiger partial charge on any atom is 0.137 e. The summed E-state index contributed by atoms with van der Waals surface area (Å²) in [5, 5.41) is 6.84. The fourth-order valence-electron chi connectivity index (χ4n) is 2.26. The number of nitrogens with one attached hydrogen (secondary N) is 1. The molecule has 1 saturated heterocycles. The van der Waals surface area contributed by atoms with E-state index in [1.807, 2.05) is 6.20 Å². The highest BCUT2D eigenvalue weighted by atomic mass is 32.1. The van der Waals surface area contributed by atoms with E-state index in [-0.39, 0.29) is 0 Å². The Hall–Kier alpha value is -1.13. The molecule has 0 aromatic carbocycles. The Bertz CT molecular complexity index is 494. The van der Waals surface area contributed by atoms with Gasteiger partial charge in [0.2, 0.25) is 0 Å². The van der Waals surface area contributed by atoms with Gasteiger partial charge in [0, 0.05) is 42.0 Å². The van der Waals surface area contributed by atoms with Crippen molar-refractivity contribution < 1.29 is 0 Å². The third-order valence-electron chi connectivity index (χ3n) is 3.13. The van der Waals surface area contributed by atoms with Crippen LogP contribution < -0.4 is 10.2 Å². The zero-order valence-corrected chi connectivity index (χ0v) is 10.1. The van der Waals surface area contributed by atoms with Gasteiger partial charge in [-0.05, 0) is 24.4 Å². The van der Waals surface area contributed by atoms with Crippen molar-refractivity contribution in [1.82, 2.24) is 10.3 Å². The lowest BCUT2D eigenvalue weighted by molar-refractivity contribution is 0.498. The maximum absolute atomic E-state index is 4.56. The minimum absolute atomic E-state index is 0.520. The van der Waals surface area contributed by atoms with Crippen molar-refractivity contribution in [3.05, 3.63) is 23.7 Å². The lowest BCUT2D eigenvalue weighted by atomic mass is 10.2. The summed E-state index contributed by atoms with van der Waals surface area (Å²) < 4.78 is 1.33. The van der Waals surface area contributed by atoms with Crippen LogP contribution in [0.3, 0.4) is 0 Å². The molecule has 0 bridgehead atoms. The summed E-state index contributed by atoms with van der Waals surface area (Å²) in [6.07, 6.45) is 1.92. The summed E-state index contributed by atoms with van der Waals surface area (Å²) in [7, 11) is 0. The van der Waals surface area contributed by atoms with Gasteiger partial charge in [-0.25, -0.2) is 4.98 Å². The molecule has 1 fully saturated rings. The standard InChI is InChI=1S/C12H15N3S/c1-9-8-13-5-6-15(9)12-10-3-7-16-11(10)2-4-14-12/h2-4,7,9,13H,5-6,8H2,1H3/t9-/m0/s1. The minimum atomic E-state index is 0.520. The Balaban J connectivity index is 2.07. The number of hydrogen-bond donors (Lipinski definition) is 1. The smallest absolute Gasteiger partial charge is 0.137 e. The normalized spacial score (nSPS) is 21.6. The third kappa shape index (κ3) is 1.58. The number of pyridine rings is 1. The van der Waals surface area contributed by atoms with E-state index >= 15 is 0 Å². The molecular formula is C12H15N3S. The van der Waals surface area contributed by atoms with E-state index in [4.69, 9.17) is 0 Å². The van der Waals surface area contributed by atoms with Crippen LogP contribution in [-0.4, -0.2) is 30.7 Å². The summed E-state index contributed by atoms with van der Waals surface area (Å²) in [6.45, 7) is 5.39. The molecule has 0 unspecified atom stereocenters. The van der Waals surface area contributed by atoms with Gasteiger partial charge in [-0.1, -0.05) is 0 Å². The minimum Gasteiger partial charge on any atom is -0.351 e. The van der Waals surface area contributed by atoms with Gasteiger partial charge in [-0.15, -0.1) is 11.3 Å². The predicted molar refractivity (Wildman–Crippen MR) is 69.3 cm³/mol. The Kier molecular flexibility index (Phi) is 2.53. The highest BCUT2D eigenvalue weighted by Gasteiger charge is 2.20. The summed E-state index contributed by atoms with van der Waals surface area (Å²) in [5.41, 5.74) is 0. The van der Waals surface area contributed by atoms with Crippen molar-refractivity contribution in [3.8, 4) is 0 Å². The molecule has 4 heteroatoms. The molecule has 3 nitrogen and oxygen atoms in total. The van der Waals surface area contributed by atoms with Crippen LogP contribution in [0.5, 0.6) is 0 Å². The fraction of sp³-hybridized carbons (Fsp3) is 0.417. The second-order valence-corrected chi connectivity index (χ2v) is 5.16. The number of anilines is 1. The average molecular weight is 233 g/mol. The van der Waals surface area contributed by atoms with Crippen molar-refractivity contribution in [2.45, 2.75) is 13.0 Å². The number of nitrogens with zero attached hydrogens (tertiary/aromatic N) is 2. The van der Waals surface area contributed by atoms with Gasteiger partial charge in [0.25, 0.3) is 0 Å². The second kappa shape index (κ2) is 4.03. The number of piperazine rings is 1. The van der Waals surface area contributed by atoms with E-state index in [1.54, 1.807) is 11.3 Å². The second-order valence-electron chi connectivity index (χ2n) is 4.21. The number of hydrogen-bond acceptors (Lipinski definition) is 4. The highest BCUT2D eigenvalue weighted by molar-refractivity contribution is 7.17. The summed E-state index contributed by atoms with van der Waals surface area (Å²) in [5.74, 6) is 1.15. The topological polar surface area (TPSA) is 28.2 Å². The third-order valence-corrected chi connectivity index (χ3v) is 4.01. The van der Waals surface area contributed by atoms with Crippen LogP contribution in [0.15, 0.2) is 23.7 Å². The Labute approximate surface area is 99.1 Å². The van der Waals surface area contributed by atoms with Gasteiger partial charge in [-0.3, -0.25) is 0 Å². The van der Waals surface area contributed by atoms with E-state index in [1.165, 1.54) is 10.1 Å². The monoisotopic (exact) mass is 233 g/mol. The van der Waals surface area contributed by atoms with Crippen molar-refractivity contribution in [3.63, 3.8) is 0 Å². The largest absolute Gasteiger partial charge is 0.351 e. The number of thiophene rings is 1. The molecule has 0 saturated carbocycles. The molecule has 16 heavy (non-hydrogen) atoms. The zero-order valence-electron chi connectivity index (χ0n) is 9.31. The molecule has 84 valence electrons. The Morgan fingerprint density at radius 2 is 2.44 bits per heavy atom. The van der Waals surface area contributed by atoms with E-state index in [2.05, 4.69) is 39.6 Å². The van der Waals surface area contributed by atoms with Gasteiger partial charge in [0.05, 0.1) is 0 Å². The van der Waals surface area contributed by atoms with Gasteiger partial charge < -0.3 is 10.2 Å². The van der Waals surface area contributed by atoms with Crippen molar-refractivity contribution in [1.29, 1.82) is 0 Å². The molecule has 0 aliphatic carbocycles. The molecule has 1 N–H and O–H groups in total. The van der Waals surface area contributed by atoms with Crippen molar-refractivity contribution in [2.24, 2.45) is 0 Å². The van der Waals surface area contributed by atoms with Crippen LogP contribution in [-0.2, 0) is 0 Å². The lowest BCUT2D eigenvalue weighted by Gasteiger charge is -2.35. The van der Waals surface area contributed by atoms with Crippen LogP contribution in [0.2, 0.25) is 0 Å². The summed E-state index contributed by atoms with van der Waals surface area (Å²) in [6, 6.07) is 4.79. The number of aromatic nitrogens is 1. The predicted octanol–water partition coefficient (Wildman–Crippen LogP) is 2.09. The molecule has 0 radical (unpaired) electrons. The van der Waals surface area contributed by atoms with Crippen LogP contribution in [0.1, 0.15) is 6.92 Å². The molecule has 1 atom stereocenters. The fourth-order valence-corrected chi connectivity index (χ4v) is 3.04. The Morgan fingerprint density at radius 1 is 1.50 bits per heavy atom. The van der Waals surface area contributed by atoms with E-state index in [0.29, 0.717) is 6.04 Å². The van der Waals surface area contributed by atoms with E-state index < -0.39 is 0 Å². The van der Waals surface area contributed by atoms with Crippen molar-refractivity contribution >= 4 is 27.2 Å². The van der Waals surface area contributed by atoms with Crippen LogP contribution >= 0.6 is 11.3 Å². The maximum atomic E-state index is 4.56. The molecule has 2 aromatic heterocycles. The first-order chi connectivity index (χ1) is 7.86. The first-order valence-electron chi connectivity index (χ1n) is 5.66. The van der Waals surface area contributed by atoms with Gasteiger partial charge in [0.1, 0.15) is 5.82 Å². The average Bonchev–Trinajstić information content (AvgIpc) is 2.77. The SMILES string of the molecule is C[C@H]1CNCCN1c1nccc2sccc12. The van der Waals surface area contributed by atoms with Crippen molar-refractivity contribution in [2.75, 3.05) is 24.5 Å². The molecular weight excluding hydrogens is 218 g/mol. The van der Waals surface area contributed by atoms with E-state index in [9.17, 15) is 0 Å². The molecule has 2 aromatic rings. The molecule has 0 spiro atoms. The number of fused-ring (bicyclic) bond motifs is 1. The quantitative estimate of drug-likeness (QED) is 0.817. The molecule has 3 rings (SSSR count). The van der Waals surface area contributed by atoms with Gasteiger partial charge in [-0.2, -0.15) is 0 Å². The number of rotatable bonds is 1. The molecule has 0 amide bonds. The van der Waals surface area contributed by atoms with E-state index in [0.717, 1.165) is 25.5 Å². The first-order valence-corrected chi connectivity index (χ1v) is 6.54. The van der Waals surface area contributed by atoms with Gasteiger partial charge >= 0.3 is 0 Å². The summed E-state index contributed by atoms with van der Waals surface area (Å²) >= 11 is 1.78. The molecule has 1 aliphatic rings.